The zero-order valence-electron chi connectivity index (χ0n) is 12.6. The van der Waals surface area contributed by atoms with Crippen LogP contribution in [0.4, 0.5) is 16.0 Å². The molecular weight excluding hydrogens is 283 g/mol. The summed E-state index contributed by atoms with van der Waals surface area (Å²) in [6.45, 7) is 3.81. The quantitative estimate of drug-likeness (QED) is 0.865. The molecule has 1 fully saturated rings. The van der Waals surface area contributed by atoms with E-state index >= 15 is 0 Å². The van der Waals surface area contributed by atoms with E-state index < -0.39 is 0 Å². The van der Waals surface area contributed by atoms with Crippen molar-refractivity contribution in [2.75, 3.05) is 43.2 Å². The van der Waals surface area contributed by atoms with Gasteiger partial charge in [-0.3, -0.25) is 0 Å². The highest BCUT2D eigenvalue weighted by molar-refractivity contribution is 5.50. The number of aromatic nitrogens is 2. The van der Waals surface area contributed by atoms with Gasteiger partial charge in [-0.15, -0.1) is 0 Å². The Hall–Kier alpha value is -2.21. The van der Waals surface area contributed by atoms with E-state index in [1.54, 1.807) is 18.5 Å². The van der Waals surface area contributed by atoms with Crippen molar-refractivity contribution in [3.05, 3.63) is 48.0 Å². The summed E-state index contributed by atoms with van der Waals surface area (Å²) in [6.07, 6.45) is 1.58. The van der Waals surface area contributed by atoms with Crippen LogP contribution in [-0.2, 0) is 11.3 Å². The van der Waals surface area contributed by atoms with Gasteiger partial charge < -0.3 is 14.5 Å². The fourth-order valence-corrected chi connectivity index (χ4v) is 2.46. The molecule has 1 aromatic carbocycles. The van der Waals surface area contributed by atoms with E-state index in [0.717, 1.165) is 43.5 Å². The molecule has 5 nitrogen and oxygen atoms in total. The molecule has 22 heavy (non-hydrogen) atoms. The summed E-state index contributed by atoms with van der Waals surface area (Å²) >= 11 is 0. The van der Waals surface area contributed by atoms with Crippen LogP contribution < -0.4 is 9.80 Å². The van der Waals surface area contributed by atoms with Crippen molar-refractivity contribution >= 4 is 11.6 Å². The zero-order valence-corrected chi connectivity index (χ0v) is 12.6. The standard InChI is InChI=1S/C16H19FN4O/c1-20(11-13-2-4-14(17)5-3-13)15-10-16(19-12-18-15)21-6-8-22-9-7-21/h2-5,10,12H,6-9,11H2,1H3. The van der Waals surface area contributed by atoms with Crippen LogP contribution in [0.15, 0.2) is 36.7 Å². The Morgan fingerprint density at radius 3 is 2.64 bits per heavy atom. The van der Waals surface area contributed by atoms with E-state index in [-0.39, 0.29) is 5.82 Å². The number of nitrogens with zero attached hydrogens (tertiary/aromatic N) is 4. The Morgan fingerprint density at radius 2 is 1.91 bits per heavy atom. The van der Waals surface area contributed by atoms with Crippen LogP contribution >= 0.6 is 0 Å². The fourth-order valence-electron chi connectivity index (χ4n) is 2.46. The first-order valence-electron chi connectivity index (χ1n) is 7.33. The first-order valence-corrected chi connectivity index (χ1v) is 7.33. The Kier molecular flexibility index (Phi) is 4.48. The second kappa shape index (κ2) is 6.70. The maximum Gasteiger partial charge on any atom is 0.134 e. The largest absolute Gasteiger partial charge is 0.378 e. The molecule has 0 unspecified atom stereocenters. The van der Waals surface area contributed by atoms with Crippen LogP contribution in [-0.4, -0.2) is 43.3 Å². The average Bonchev–Trinajstić information content (AvgIpc) is 2.58. The third-order valence-electron chi connectivity index (χ3n) is 3.70. The minimum absolute atomic E-state index is 0.219. The molecule has 2 aromatic rings. The highest BCUT2D eigenvalue weighted by Gasteiger charge is 2.14. The van der Waals surface area contributed by atoms with Crippen LogP contribution in [0, 0.1) is 5.82 Å². The molecule has 0 spiro atoms. The van der Waals surface area contributed by atoms with Gasteiger partial charge in [-0.1, -0.05) is 12.1 Å². The van der Waals surface area contributed by atoms with Crippen molar-refractivity contribution in [2.45, 2.75) is 6.54 Å². The van der Waals surface area contributed by atoms with Crippen LogP contribution in [0.1, 0.15) is 5.56 Å². The normalized spacial score (nSPS) is 14.9. The lowest BCUT2D eigenvalue weighted by Gasteiger charge is -2.28. The average molecular weight is 302 g/mol. The molecule has 0 radical (unpaired) electrons. The molecule has 0 saturated carbocycles. The number of ether oxygens (including phenoxy) is 1. The van der Waals surface area contributed by atoms with Gasteiger partial charge in [-0.05, 0) is 17.7 Å². The molecule has 0 N–H and O–H groups in total. The number of benzene rings is 1. The van der Waals surface area contributed by atoms with Gasteiger partial charge in [0.1, 0.15) is 23.8 Å². The molecule has 1 aromatic heterocycles. The Morgan fingerprint density at radius 1 is 1.18 bits per heavy atom. The lowest BCUT2D eigenvalue weighted by atomic mass is 10.2. The van der Waals surface area contributed by atoms with E-state index in [0.29, 0.717) is 6.54 Å². The number of rotatable bonds is 4. The van der Waals surface area contributed by atoms with Crippen molar-refractivity contribution in [2.24, 2.45) is 0 Å². The van der Waals surface area contributed by atoms with E-state index in [9.17, 15) is 4.39 Å². The summed E-state index contributed by atoms with van der Waals surface area (Å²) in [5, 5.41) is 0. The monoisotopic (exact) mass is 302 g/mol. The fraction of sp³-hybridized carbons (Fsp3) is 0.375. The summed E-state index contributed by atoms with van der Waals surface area (Å²) < 4.78 is 18.3. The van der Waals surface area contributed by atoms with Gasteiger partial charge >= 0.3 is 0 Å². The molecule has 116 valence electrons. The van der Waals surface area contributed by atoms with E-state index in [1.807, 2.05) is 18.0 Å². The van der Waals surface area contributed by atoms with E-state index in [4.69, 9.17) is 4.74 Å². The second-order valence-electron chi connectivity index (χ2n) is 5.32. The predicted octanol–water partition coefficient (Wildman–Crippen LogP) is 2.09. The van der Waals surface area contributed by atoms with Crippen molar-refractivity contribution in [1.82, 2.24) is 9.97 Å². The van der Waals surface area contributed by atoms with Gasteiger partial charge in [0.05, 0.1) is 13.2 Å². The highest BCUT2D eigenvalue weighted by atomic mass is 19.1. The van der Waals surface area contributed by atoms with Crippen molar-refractivity contribution in [3.63, 3.8) is 0 Å². The molecule has 0 atom stereocenters. The topological polar surface area (TPSA) is 41.5 Å². The first kappa shape index (κ1) is 14.7. The number of hydrogen-bond acceptors (Lipinski definition) is 5. The minimum Gasteiger partial charge on any atom is -0.378 e. The van der Waals surface area contributed by atoms with Crippen LogP contribution in [0.3, 0.4) is 0 Å². The van der Waals surface area contributed by atoms with Gasteiger partial charge in [0.15, 0.2) is 0 Å². The van der Waals surface area contributed by atoms with E-state index in [1.165, 1.54) is 12.1 Å². The van der Waals surface area contributed by atoms with E-state index in [2.05, 4.69) is 14.9 Å². The molecule has 0 bridgehead atoms. The zero-order chi connectivity index (χ0) is 15.4. The molecule has 0 aliphatic carbocycles. The number of morpholine rings is 1. The Labute approximate surface area is 129 Å². The van der Waals surface area contributed by atoms with Crippen molar-refractivity contribution < 1.29 is 9.13 Å². The third-order valence-corrected chi connectivity index (χ3v) is 3.70. The highest BCUT2D eigenvalue weighted by Crippen LogP contribution is 2.19. The third kappa shape index (κ3) is 3.51. The molecule has 2 heterocycles. The Balaban J connectivity index is 1.71. The molecule has 1 saturated heterocycles. The maximum atomic E-state index is 13.0. The van der Waals surface area contributed by atoms with Gasteiger partial charge in [0.2, 0.25) is 0 Å². The Bertz CT molecular complexity index is 614. The summed E-state index contributed by atoms with van der Waals surface area (Å²) in [4.78, 5) is 12.9. The van der Waals surface area contributed by atoms with Gasteiger partial charge in [-0.25, -0.2) is 14.4 Å². The summed E-state index contributed by atoms with van der Waals surface area (Å²) in [5.74, 6) is 1.54. The number of anilines is 2. The smallest absolute Gasteiger partial charge is 0.134 e. The molecule has 6 heteroatoms. The van der Waals surface area contributed by atoms with Gasteiger partial charge in [-0.2, -0.15) is 0 Å². The maximum absolute atomic E-state index is 13.0. The van der Waals surface area contributed by atoms with Crippen LogP contribution in [0.2, 0.25) is 0 Å². The van der Waals surface area contributed by atoms with Crippen molar-refractivity contribution in [3.8, 4) is 0 Å². The van der Waals surface area contributed by atoms with Gasteiger partial charge in [0.25, 0.3) is 0 Å². The van der Waals surface area contributed by atoms with Gasteiger partial charge in [0, 0.05) is 32.7 Å². The molecular formula is C16H19FN4O. The second-order valence-corrected chi connectivity index (χ2v) is 5.32. The molecule has 0 amide bonds. The first-order chi connectivity index (χ1) is 10.7. The molecule has 1 aliphatic rings. The molecule has 1 aliphatic heterocycles. The lowest BCUT2D eigenvalue weighted by molar-refractivity contribution is 0.122. The minimum atomic E-state index is -0.219. The number of halogens is 1. The predicted molar refractivity (Wildman–Crippen MR) is 83.6 cm³/mol. The summed E-state index contributed by atoms with van der Waals surface area (Å²) in [6, 6.07) is 8.51. The summed E-state index contributed by atoms with van der Waals surface area (Å²) in [5.41, 5.74) is 1.04. The lowest BCUT2D eigenvalue weighted by Crippen LogP contribution is -2.36. The summed E-state index contributed by atoms with van der Waals surface area (Å²) in [7, 11) is 1.97. The van der Waals surface area contributed by atoms with Crippen molar-refractivity contribution in [1.29, 1.82) is 0 Å². The van der Waals surface area contributed by atoms with Crippen LogP contribution in [0.5, 0.6) is 0 Å². The molecule has 3 rings (SSSR count). The number of hydrogen-bond donors (Lipinski definition) is 0. The SMILES string of the molecule is CN(Cc1ccc(F)cc1)c1cc(N2CCOCC2)ncn1. The van der Waals surface area contributed by atoms with Crippen LogP contribution in [0.25, 0.3) is 0 Å².